The molecule has 3 heteroatoms. The van der Waals surface area contributed by atoms with Crippen LogP contribution in [0.2, 0.25) is 0 Å². The van der Waals surface area contributed by atoms with E-state index in [-0.39, 0.29) is 11.5 Å². The first-order valence-electron chi connectivity index (χ1n) is 6.40. The SMILES string of the molecule is COc1ccc(C(C)(C)C)cc1C(C)OCCN. The van der Waals surface area contributed by atoms with Crippen molar-refractivity contribution < 1.29 is 9.47 Å². The summed E-state index contributed by atoms with van der Waals surface area (Å²) in [6.07, 6.45) is -0.00852. The Bertz CT molecular complexity index is 383. The van der Waals surface area contributed by atoms with Gasteiger partial charge in [0.1, 0.15) is 5.75 Å². The van der Waals surface area contributed by atoms with E-state index in [9.17, 15) is 0 Å². The van der Waals surface area contributed by atoms with Gasteiger partial charge in [0.2, 0.25) is 0 Å². The van der Waals surface area contributed by atoms with E-state index in [4.69, 9.17) is 15.2 Å². The maximum absolute atomic E-state index is 5.68. The average molecular weight is 251 g/mol. The first kappa shape index (κ1) is 15.0. The van der Waals surface area contributed by atoms with E-state index in [2.05, 4.69) is 32.9 Å². The molecule has 1 unspecified atom stereocenters. The molecule has 0 aliphatic heterocycles. The van der Waals surface area contributed by atoms with Gasteiger partial charge in [-0.1, -0.05) is 26.8 Å². The summed E-state index contributed by atoms with van der Waals surface area (Å²) in [6, 6.07) is 6.29. The molecule has 0 fully saturated rings. The number of hydrogen-bond donors (Lipinski definition) is 1. The highest BCUT2D eigenvalue weighted by atomic mass is 16.5. The van der Waals surface area contributed by atoms with E-state index in [1.165, 1.54) is 5.56 Å². The first-order valence-corrected chi connectivity index (χ1v) is 6.40. The third-order valence-electron chi connectivity index (χ3n) is 3.02. The molecule has 0 saturated heterocycles. The minimum absolute atomic E-state index is 0.00852. The molecule has 0 bridgehead atoms. The van der Waals surface area contributed by atoms with Gasteiger partial charge in [-0.3, -0.25) is 0 Å². The second-order valence-electron chi connectivity index (χ2n) is 5.51. The van der Waals surface area contributed by atoms with Crippen molar-refractivity contribution in [1.29, 1.82) is 0 Å². The second kappa shape index (κ2) is 6.21. The Kier molecular flexibility index (Phi) is 5.17. The van der Waals surface area contributed by atoms with E-state index in [1.807, 2.05) is 13.0 Å². The molecule has 0 amide bonds. The number of ether oxygens (including phenoxy) is 2. The van der Waals surface area contributed by atoms with Gasteiger partial charge in [-0.25, -0.2) is 0 Å². The molecule has 0 aliphatic rings. The monoisotopic (exact) mass is 251 g/mol. The fourth-order valence-electron chi connectivity index (χ4n) is 1.85. The van der Waals surface area contributed by atoms with Crippen molar-refractivity contribution >= 4 is 0 Å². The quantitative estimate of drug-likeness (QED) is 0.875. The summed E-state index contributed by atoms with van der Waals surface area (Å²) in [7, 11) is 1.69. The predicted molar refractivity (Wildman–Crippen MR) is 75.1 cm³/mol. The molecule has 1 atom stereocenters. The zero-order valence-corrected chi connectivity index (χ0v) is 12.1. The number of benzene rings is 1. The Labute approximate surface area is 110 Å². The number of methoxy groups -OCH3 is 1. The summed E-state index contributed by atoms with van der Waals surface area (Å²) in [4.78, 5) is 0. The second-order valence-corrected chi connectivity index (χ2v) is 5.51. The van der Waals surface area contributed by atoms with Crippen molar-refractivity contribution in [2.24, 2.45) is 5.73 Å². The van der Waals surface area contributed by atoms with Gasteiger partial charge >= 0.3 is 0 Å². The van der Waals surface area contributed by atoms with Crippen molar-refractivity contribution in [2.75, 3.05) is 20.3 Å². The molecular weight excluding hydrogens is 226 g/mol. The maximum Gasteiger partial charge on any atom is 0.124 e. The van der Waals surface area contributed by atoms with Crippen LogP contribution < -0.4 is 10.5 Å². The third-order valence-corrected chi connectivity index (χ3v) is 3.02. The van der Waals surface area contributed by atoms with Gasteiger partial charge in [0.15, 0.2) is 0 Å². The van der Waals surface area contributed by atoms with Crippen LogP contribution in [0, 0.1) is 0 Å². The minimum Gasteiger partial charge on any atom is -0.496 e. The Hall–Kier alpha value is -1.06. The molecule has 0 heterocycles. The van der Waals surface area contributed by atoms with Crippen LogP contribution in [0.4, 0.5) is 0 Å². The maximum atomic E-state index is 5.68. The third kappa shape index (κ3) is 3.72. The normalized spacial score (nSPS) is 13.4. The Morgan fingerprint density at radius 3 is 2.44 bits per heavy atom. The van der Waals surface area contributed by atoms with Gasteiger partial charge in [-0.15, -0.1) is 0 Å². The largest absolute Gasteiger partial charge is 0.496 e. The lowest BCUT2D eigenvalue weighted by molar-refractivity contribution is 0.0699. The Morgan fingerprint density at radius 1 is 1.28 bits per heavy atom. The van der Waals surface area contributed by atoms with Gasteiger partial charge in [0.25, 0.3) is 0 Å². The molecule has 0 spiro atoms. The van der Waals surface area contributed by atoms with Gasteiger partial charge in [0.05, 0.1) is 19.8 Å². The number of hydrogen-bond acceptors (Lipinski definition) is 3. The molecule has 2 N–H and O–H groups in total. The lowest BCUT2D eigenvalue weighted by atomic mass is 9.85. The predicted octanol–water partition coefficient (Wildman–Crippen LogP) is 3.03. The summed E-state index contributed by atoms with van der Waals surface area (Å²) >= 11 is 0. The summed E-state index contributed by atoms with van der Waals surface area (Å²) < 4.78 is 11.1. The smallest absolute Gasteiger partial charge is 0.124 e. The van der Waals surface area contributed by atoms with E-state index in [1.54, 1.807) is 7.11 Å². The number of nitrogens with two attached hydrogens (primary N) is 1. The Balaban J connectivity index is 3.06. The van der Waals surface area contributed by atoms with Gasteiger partial charge in [-0.05, 0) is 30.0 Å². The van der Waals surface area contributed by atoms with Crippen LogP contribution in [0.25, 0.3) is 0 Å². The lowest BCUT2D eigenvalue weighted by Gasteiger charge is -2.23. The van der Waals surface area contributed by atoms with E-state index in [0.717, 1.165) is 11.3 Å². The van der Waals surface area contributed by atoms with E-state index < -0.39 is 0 Å². The van der Waals surface area contributed by atoms with E-state index >= 15 is 0 Å². The van der Waals surface area contributed by atoms with Crippen molar-refractivity contribution in [3.05, 3.63) is 29.3 Å². The highest BCUT2D eigenvalue weighted by molar-refractivity contribution is 5.40. The van der Waals surface area contributed by atoms with Crippen LogP contribution in [-0.2, 0) is 10.2 Å². The molecule has 3 nitrogen and oxygen atoms in total. The van der Waals surface area contributed by atoms with Crippen LogP contribution in [0.5, 0.6) is 5.75 Å². The van der Waals surface area contributed by atoms with Crippen LogP contribution in [0.3, 0.4) is 0 Å². The molecule has 1 rings (SSSR count). The fraction of sp³-hybridized carbons (Fsp3) is 0.600. The molecule has 0 radical (unpaired) electrons. The van der Waals surface area contributed by atoms with Crippen molar-refractivity contribution in [1.82, 2.24) is 0 Å². The highest BCUT2D eigenvalue weighted by Crippen LogP contribution is 2.32. The summed E-state index contributed by atoms with van der Waals surface area (Å²) in [5.41, 5.74) is 7.95. The van der Waals surface area contributed by atoms with Crippen molar-refractivity contribution in [3.8, 4) is 5.75 Å². The molecule has 1 aromatic rings. The topological polar surface area (TPSA) is 44.5 Å². The first-order chi connectivity index (χ1) is 8.40. The molecule has 0 saturated carbocycles. The zero-order valence-electron chi connectivity index (χ0n) is 12.1. The summed E-state index contributed by atoms with van der Waals surface area (Å²) in [6.45, 7) is 9.72. The number of rotatable bonds is 5. The zero-order chi connectivity index (χ0) is 13.8. The van der Waals surface area contributed by atoms with Gasteiger partial charge in [0, 0.05) is 12.1 Å². The van der Waals surface area contributed by atoms with Gasteiger partial charge < -0.3 is 15.2 Å². The molecule has 1 aromatic carbocycles. The lowest BCUT2D eigenvalue weighted by Crippen LogP contribution is -2.14. The fourth-order valence-corrected chi connectivity index (χ4v) is 1.85. The molecule has 0 aromatic heterocycles. The standard InChI is InChI=1S/C15H25NO2/c1-11(18-9-8-16)13-10-12(15(2,3)4)6-7-14(13)17-5/h6-7,10-11H,8-9,16H2,1-5H3. The Morgan fingerprint density at radius 2 is 1.94 bits per heavy atom. The van der Waals surface area contributed by atoms with Gasteiger partial charge in [-0.2, -0.15) is 0 Å². The van der Waals surface area contributed by atoms with E-state index in [0.29, 0.717) is 13.2 Å². The molecule has 18 heavy (non-hydrogen) atoms. The van der Waals surface area contributed by atoms with Crippen molar-refractivity contribution in [3.63, 3.8) is 0 Å². The molecule has 0 aliphatic carbocycles. The van der Waals surface area contributed by atoms with Crippen LogP contribution >= 0.6 is 0 Å². The average Bonchev–Trinajstić information content (AvgIpc) is 2.34. The summed E-state index contributed by atoms with van der Waals surface area (Å²) in [5, 5.41) is 0. The molecule has 102 valence electrons. The summed E-state index contributed by atoms with van der Waals surface area (Å²) in [5.74, 6) is 0.868. The molecular formula is C15H25NO2. The van der Waals surface area contributed by atoms with Crippen LogP contribution in [0.1, 0.15) is 44.9 Å². The highest BCUT2D eigenvalue weighted by Gasteiger charge is 2.18. The minimum atomic E-state index is -0.00852. The van der Waals surface area contributed by atoms with Crippen LogP contribution in [0.15, 0.2) is 18.2 Å². The van der Waals surface area contributed by atoms with Crippen LogP contribution in [-0.4, -0.2) is 20.3 Å². The van der Waals surface area contributed by atoms with Crippen molar-refractivity contribution in [2.45, 2.75) is 39.2 Å².